The molecule has 15 heavy (non-hydrogen) atoms. The second kappa shape index (κ2) is 3.36. The van der Waals surface area contributed by atoms with Crippen molar-refractivity contribution in [2.75, 3.05) is 0 Å². The number of hydrogen-bond acceptors (Lipinski definition) is 2. The largest absolute Gasteiger partial charge is 0.254 e. The van der Waals surface area contributed by atoms with Crippen LogP contribution in [0.4, 0.5) is 11.4 Å². The van der Waals surface area contributed by atoms with Crippen LogP contribution in [0.2, 0.25) is 0 Å². The molecule has 0 unspecified atom stereocenters. The lowest BCUT2D eigenvalue weighted by atomic mass is 10.2. The van der Waals surface area contributed by atoms with Gasteiger partial charge in [0, 0.05) is 6.17 Å². The molecule has 0 bridgehead atoms. The van der Waals surface area contributed by atoms with E-state index in [1.165, 1.54) is 12.1 Å². The molecule has 1 aromatic heterocycles. The first-order chi connectivity index (χ1) is 7.65. The minimum atomic E-state index is 0.0963. The maximum atomic E-state index is 7.52. The molecule has 0 radical (unpaired) electrons. The van der Waals surface area contributed by atoms with Crippen molar-refractivity contribution in [1.29, 1.82) is 0 Å². The average molecular weight is 195 g/mol. The topological polar surface area (TPSA) is 34.5 Å². The molecule has 0 fully saturated rings. The van der Waals surface area contributed by atoms with Crippen LogP contribution in [0.25, 0.3) is 20.7 Å². The summed E-state index contributed by atoms with van der Waals surface area (Å²) in [6.07, 6.45) is 0.0963. The fraction of sp³-hybridized carbons (Fsp3) is 0.0909. The highest BCUT2D eigenvalue weighted by atomic mass is 14.8. The summed E-state index contributed by atoms with van der Waals surface area (Å²) in [6, 6.07) is 3.04. The van der Waals surface area contributed by atoms with E-state index >= 15 is 0 Å². The molecule has 1 aromatic carbocycles. The third-order valence-corrected chi connectivity index (χ3v) is 1.94. The van der Waals surface area contributed by atoms with Gasteiger partial charge in [0.1, 0.15) is 0 Å². The molecule has 0 N–H and O–H groups in total. The van der Waals surface area contributed by atoms with Crippen molar-refractivity contribution in [2.24, 2.45) is 0 Å². The van der Waals surface area contributed by atoms with Gasteiger partial charge in [-0.15, -0.1) is 0 Å². The van der Waals surface area contributed by atoms with E-state index in [9.17, 15) is 0 Å². The first-order valence-electron chi connectivity index (χ1n) is 4.69. The van der Waals surface area contributed by atoms with E-state index < -0.39 is 0 Å². The summed E-state index contributed by atoms with van der Waals surface area (Å²) < 4.78 is 7.52. The van der Waals surface area contributed by atoms with E-state index in [-0.39, 0.29) is 17.5 Å². The van der Waals surface area contributed by atoms with Gasteiger partial charge >= 0.3 is 0 Å². The van der Waals surface area contributed by atoms with Gasteiger partial charge in [0.05, 0.1) is 31.2 Å². The predicted octanol–water partition coefficient (Wildman–Crippen LogP) is 3.04. The summed E-state index contributed by atoms with van der Waals surface area (Å²) in [5, 5.41) is 0. The lowest BCUT2D eigenvalue weighted by molar-refractivity contribution is 1.19. The summed E-state index contributed by atoms with van der Waals surface area (Å²) in [5.74, 6) is 0. The third-order valence-electron chi connectivity index (χ3n) is 1.94. The smallest absolute Gasteiger partial charge is 0.196 e. The van der Waals surface area contributed by atoms with Crippen molar-refractivity contribution in [2.45, 2.75) is 6.92 Å². The van der Waals surface area contributed by atoms with Crippen molar-refractivity contribution >= 4 is 22.4 Å². The lowest BCUT2D eigenvalue weighted by Gasteiger charge is -2.00. The van der Waals surface area contributed by atoms with Crippen molar-refractivity contribution in [1.82, 2.24) is 9.97 Å². The van der Waals surface area contributed by atoms with Crippen LogP contribution in [0.5, 0.6) is 0 Å². The van der Waals surface area contributed by atoms with Crippen molar-refractivity contribution in [3.63, 3.8) is 0 Å². The van der Waals surface area contributed by atoms with Crippen LogP contribution >= 0.6 is 0 Å². The molecule has 1 heterocycles. The van der Waals surface area contributed by atoms with Gasteiger partial charge in [-0.2, -0.15) is 0 Å². The van der Waals surface area contributed by atoms with E-state index in [0.29, 0.717) is 16.7 Å². The molecule has 0 amide bonds. The minimum absolute atomic E-state index is 0.0963. The molecule has 0 aliphatic carbocycles. The highest BCUT2D eigenvalue weighted by Crippen LogP contribution is 2.31. The summed E-state index contributed by atoms with van der Waals surface area (Å²) in [5.41, 5.74) is 2.06. The highest BCUT2D eigenvalue weighted by Gasteiger charge is 2.06. The van der Waals surface area contributed by atoms with Gasteiger partial charge in [-0.1, -0.05) is 0 Å². The highest BCUT2D eigenvalue weighted by molar-refractivity contribution is 5.87. The van der Waals surface area contributed by atoms with E-state index in [4.69, 9.17) is 14.5 Å². The van der Waals surface area contributed by atoms with Crippen molar-refractivity contribution in [3.05, 3.63) is 46.8 Å². The molecule has 70 valence electrons. The normalized spacial score (nSPS) is 10.5. The molecule has 0 saturated carbocycles. The Bertz CT molecular complexity index is 606. The Balaban J connectivity index is 2.86. The van der Waals surface area contributed by atoms with Gasteiger partial charge < -0.3 is 0 Å². The summed E-state index contributed by atoms with van der Waals surface area (Å²) >= 11 is 0. The van der Waals surface area contributed by atoms with Crippen LogP contribution in [-0.4, -0.2) is 9.97 Å². The van der Waals surface area contributed by atoms with E-state index in [0.717, 1.165) is 0 Å². The van der Waals surface area contributed by atoms with Gasteiger partial charge in [-0.3, -0.25) is 19.7 Å². The molecule has 2 aromatic rings. The van der Waals surface area contributed by atoms with Gasteiger partial charge in [0.2, 0.25) is 0 Å². The fourth-order valence-corrected chi connectivity index (χ4v) is 1.26. The molecule has 0 saturated heterocycles. The standard InChI is InChI=1S/C11H6N4/c1-7-6-14-10-4-8(12-2)9(13-3)5-11(10)15-7/h4-6H,1H3/i6D. The second-order valence-corrected chi connectivity index (χ2v) is 2.97. The first kappa shape index (κ1) is 7.90. The zero-order chi connectivity index (χ0) is 11.7. The molecule has 0 atom stereocenters. The molecule has 0 aliphatic heterocycles. The van der Waals surface area contributed by atoms with Crippen LogP contribution in [0, 0.1) is 20.1 Å². The average Bonchev–Trinajstić information content (AvgIpc) is 2.29. The summed E-state index contributed by atoms with van der Waals surface area (Å²) in [4.78, 5) is 14.7. The van der Waals surface area contributed by atoms with Crippen LogP contribution in [0.15, 0.2) is 18.3 Å². The minimum Gasteiger partial charge on any atom is -0.254 e. The Kier molecular flexibility index (Phi) is 1.77. The maximum absolute atomic E-state index is 7.52. The lowest BCUT2D eigenvalue weighted by Crippen LogP contribution is -1.86. The van der Waals surface area contributed by atoms with E-state index in [2.05, 4.69) is 19.7 Å². The SMILES string of the molecule is [2H]c1nc2cc([N+]#[C-])c([N+]#[C-])cc2nc1C. The Morgan fingerprint density at radius 2 is 1.80 bits per heavy atom. The van der Waals surface area contributed by atoms with Crippen molar-refractivity contribution < 1.29 is 1.37 Å². The van der Waals surface area contributed by atoms with E-state index in [1.54, 1.807) is 6.92 Å². The van der Waals surface area contributed by atoms with Gasteiger partial charge in [-0.25, -0.2) is 0 Å². The first-order valence-corrected chi connectivity index (χ1v) is 4.19. The monoisotopic (exact) mass is 195 g/mol. The van der Waals surface area contributed by atoms with Crippen molar-refractivity contribution in [3.8, 4) is 0 Å². The fourth-order valence-electron chi connectivity index (χ4n) is 1.26. The third kappa shape index (κ3) is 1.49. The number of fused-ring (bicyclic) bond motifs is 1. The number of hydrogen-bond donors (Lipinski definition) is 0. The number of nitrogens with zero attached hydrogens (tertiary/aromatic N) is 4. The molecule has 4 nitrogen and oxygen atoms in total. The maximum Gasteiger partial charge on any atom is 0.196 e. The molecule has 4 heteroatoms. The van der Waals surface area contributed by atoms with Gasteiger partial charge in [0.25, 0.3) is 0 Å². The quantitative estimate of drug-likeness (QED) is 0.605. The Morgan fingerprint density at radius 1 is 1.20 bits per heavy atom. The van der Waals surface area contributed by atoms with Crippen LogP contribution in [-0.2, 0) is 0 Å². The van der Waals surface area contributed by atoms with Gasteiger partial charge in [0.15, 0.2) is 11.4 Å². The second-order valence-electron chi connectivity index (χ2n) is 2.97. The summed E-state index contributed by atoms with van der Waals surface area (Å²) in [6.45, 7) is 15.6. The van der Waals surface area contributed by atoms with Crippen LogP contribution < -0.4 is 0 Å². The zero-order valence-corrected chi connectivity index (χ0v) is 7.94. The number of aryl methyl sites for hydroxylation is 1. The molecule has 0 aliphatic rings. The van der Waals surface area contributed by atoms with Crippen LogP contribution in [0.1, 0.15) is 7.06 Å². The number of benzene rings is 1. The molecular weight excluding hydrogens is 188 g/mol. The number of aromatic nitrogens is 2. The molecule has 2 rings (SSSR count). The number of rotatable bonds is 0. The molecule has 0 spiro atoms. The molecular formula is C11H6N4. The van der Waals surface area contributed by atoms with E-state index in [1.807, 2.05) is 0 Å². The Morgan fingerprint density at radius 3 is 2.40 bits per heavy atom. The van der Waals surface area contributed by atoms with Gasteiger partial charge in [-0.05, 0) is 19.1 Å². The summed E-state index contributed by atoms with van der Waals surface area (Å²) in [7, 11) is 0. The van der Waals surface area contributed by atoms with Crippen LogP contribution in [0.3, 0.4) is 0 Å². The zero-order valence-electron chi connectivity index (χ0n) is 8.94. The Hall–Kier alpha value is -2.46. The Labute approximate surface area is 88.3 Å². The predicted molar refractivity (Wildman–Crippen MR) is 56.8 cm³/mol.